The molecule has 1 aromatic carbocycles. The van der Waals surface area contributed by atoms with Crippen LogP contribution in [0.25, 0.3) is 0 Å². The minimum Gasteiger partial charge on any atom is -0.385 e. The molecular weight excluding hydrogens is 192 g/mol. The van der Waals surface area contributed by atoms with Crippen LogP contribution in [0.3, 0.4) is 0 Å². The second kappa shape index (κ2) is 2.43. The lowest BCUT2D eigenvalue weighted by Crippen LogP contribution is -2.37. The molecule has 1 saturated heterocycles. The third-order valence-corrected chi connectivity index (χ3v) is 4.00. The zero-order chi connectivity index (χ0) is 10.8. The fourth-order valence-corrected chi connectivity index (χ4v) is 2.67. The molecule has 3 rings (SSSR count). The second-order valence-corrected chi connectivity index (χ2v) is 4.75. The zero-order valence-electron chi connectivity index (χ0n) is 8.77. The van der Waals surface area contributed by atoms with Crippen molar-refractivity contribution in [2.24, 2.45) is 0 Å². The van der Waals surface area contributed by atoms with E-state index < -0.39 is 23.4 Å². The number of benzene rings is 1. The van der Waals surface area contributed by atoms with Gasteiger partial charge >= 0.3 is 0 Å². The Kier molecular flexibility index (Phi) is 1.51. The smallest absolute Gasteiger partial charge is 0.128 e. The van der Waals surface area contributed by atoms with E-state index in [1.54, 1.807) is 0 Å². The number of ether oxygens (including phenoxy) is 1. The molecule has 2 N–H and O–H groups in total. The molecule has 1 heterocycles. The van der Waals surface area contributed by atoms with Crippen molar-refractivity contribution in [3.63, 3.8) is 0 Å². The average molecular weight is 206 g/mol. The molecule has 1 fully saturated rings. The van der Waals surface area contributed by atoms with E-state index in [9.17, 15) is 10.2 Å². The molecule has 1 aliphatic carbocycles. The Morgan fingerprint density at radius 3 is 1.80 bits per heavy atom. The summed E-state index contributed by atoms with van der Waals surface area (Å²) in [4.78, 5) is 0. The van der Waals surface area contributed by atoms with Crippen LogP contribution in [0.15, 0.2) is 24.3 Å². The van der Waals surface area contributed by atoms with Crippen LogP contribution < -0.4 is 0 Å². The first-order valence-electron chi connectivity index (χ1n) is 5.16. The maximum absolute atomic E-state index is 10.2. The summed E-state index contributed by atoms with van der Waals surface area (Å²) >= 11 is 0. The molecule has 3 heteroatoms. The minimum atomic E-state index is -0.651. The molecule has 0 spiro atoms. The van der Waals surface area contributed by atoms with Crippen LogP contribution in [0.4, 0.5) is 0 Å². The van der Waals surface area contributed by atoms with Gasteiger partial charge in [-0.1, -0.05) is 24.3 Å². The van der Waals surface area contributed by atoms with E-state index in [1.807, 2.05) is 38.1 Å². The number of aliphatic hydroxyl groups is 2. The Hall–Kier alpha value is -0.900. The Balaban J connectivity index is 2.21. The Bertz CT molecular complexity index is 392. The van der Waals surface area contributed by atoms with Gasteiger partial charge in [-0.3, -0.25) is 0 Å². The molecule has 1 aliphatic heterocycles. The predicted molar refractivity (Wildman–Crippen MR) is 54.3 cm³/mol. The maximum Gasteiger partial charge on any atom is 0.128 e. The molecule has 4 atom stereocenters. The topological polar surface area (TPSA) is 53.0 Å². The van der Waals surface area contributed by atoms with Crippen LogP contribution in [-0.2, 0) is 4.74 Å². The number of hydrogen-bond donors (Lipinski definition) is 2. The molecule has 4 unspecified atom stereocenters. The summed E-state index contributed by atoms with van der Waals surface area (Å²) in [5, 5.41) is 20.4. The van der Waals surface area contributed by atoms with Crippen molar-refractivity contribution in [1.82, 2.24) is 0 Å². The third kappa shape index (κ3) is 0.869. The Morgan fingerprint density at radius 2 is 1.40 bits per heavy atom. The minimum absolute atomic E-state index is 0.638. The lowest BCUT2D eigenvalue weighted by atomic mass is 9.74. The largest absolute Gasteiger partial charge is 0.385 e. The summed E-state index contributed by atoms with van der Waals surface area (Å²) in [6, 6.07) is 7.41. The fraction of sp³-hybridized carbons (Fsp3) is 0.500. The number of rotatable bonds is 0. The van der Waals surface area contributed by atoms with Gasteiger partial charge in [-0.2, -0.15) is 0 Å². The molecule has 0 radical (unpaired) electrons. The predicted octanol–water partition coefficient (Wildman–Crippen LogP) is 1.31. The molecule has 0 aromatic heterocycles. The van der Waals surface area contributed by atoms with E-state index in [2.05, 4.69) is 0 Å². The summed E-state index contributed by atoms with van der Waals surface area (Å²) in [6.07, 6.45) is -1.30. The number of aliphatic hydroxyl groups excluding tert-OH is 2. The van der Waals surface area contributed by atoms with Crippen LogP contribution >= 0.6 is 0 Å². The molecule has 0 saturated carbocycles. The van der Waals surface area contributed by atoms with Gasteiger partial charge in [-0.15, -0.1) is 0 Å². The van der Waals surface area contributed by atoms with Crippen LogP contribution in [-0.4, -0.2) is 21.4 Å². The molecule has 15 heavy (non-hydrogen) atoms. The van der Waals surface area contributed by atoms with Gasteiger partial charge in [-0.25, -0.2) is 0 Å². The standard InChI is InChI=1S/C12H14O3/c1-11-9(13)7-5-3-4-6-8(7)10(14)12(11,2)15-11/h3-6,9-10,13-14H,1-2H3. The summed E-state index contributed by atoms with van der Waals surface area (Å²) in [5.41, 5.74) is 0.284. The van der Waals surface area contributed by atoms with Crippen molar-refractivity contribution in [1.29, 1.82) is 0 Å². The van der Waals surface area contributed by atoms with Crippen molar-refractivity contribution in [2.45, 2.75) is 37.3 Å². The summed E-state index contributed by atoms with van der Waals surface area (Å²) in [6.45, 7) is 3.69. The fourth-order valence-electron chi connectivity index (χ4n) is 2.67. The highest BCUT2D eigenvalue weighted by molar-refractivity contribution is 5.43. The van der Waals surface area contributed by atoms with Crippen molar-refractivity contribution < 1.29 is 14.9 Å². The van der Waals surface area contributed by atoms with Gasteiger partial charge in [0.05, 0.1) is 0 Å². The Labute approximate surface area is 88.3 Å². The van der Waals surface area contributed by atoms with E-state index in [4.69, 9.17) is 4.74 Å². The number of fused-ring (bicyclic) bond motifs is 2. The van der Waals surface area contributed by atoms with Crippen LogP contribution in [0, 0.1) is 0 Å². The Morgan fingerprint density at radius 1 is 1.00 bits per heavy atom. The lowest BCUT2D eigenvalue weighted by Gasteiger charge is -2.31. The highest BCUT2D eigenvalue weighted by atomic mass is 16.7. The zero-order valence-corrected chi connectivity index (χ0v) is 8.77. The second-order valence-electron chi connectivity index (χ2n) is 4.75. The summed E-state index contributed by atoms with van der Waals surface area (Å²) in [7, 11) is 0. The van der Waals surface area contributed by atoms with Gasteiger partial charge in [-0.05, 0) is 25.0 Å². The summed E-state index contributed by atoms with van der Waals surface area (Å²) in [5.74, 6) is 0. The molecule has 0 bridgehead atoms. The SMILES string of the molecule is CC12OC1(C)C(O)c1ccccc1C2O. The molecular formula is C12H14O3. The number of epoxide rings is 1. The van der Waals surface area contributed by atoms with Gasteiger partial charge in [0.1, 0.15) is 23.4 Å². The van der Waals surface area contributed by atoms with Crippen molar-refractivity contribution >= 4 is 0 Å². The molecule has 1 aromatic rings. The van der Waals surface area contributed by atoms with Gasteiger partial charge in [0.2, 0.25) is 0 Å². The average Bonchev–Trinajstić information content (AvgIpc) is 2.82. The quantitative estimate of drug-likeness (QED) is 0.629. The van der Waals surface area contributed by atoms with Crippen LogP contribution in [0.5, 0.6) is 0 Å². The van der Waals surface area contributed by atoms with E-state index in [1.165, 1.54) is 0 Å². The van der Waals surface area contributed by atoms with Crippen molar-refractivity contribution in [3.8, 4) is 0 Å². The van der Waals surface area contributed by atoms with Crippen LogP contribution in [0.1, 0.15) is 37.2 Å². The van der Waals surface area contributed by atoms with Crippen molar-refractivity contribution in [2.75, 3.05) is 0 Å². The first-order chi connectivity index (χ1) is 7.01. The van der Waals surface area contributed by atoms with Crippen molar-refractivity contribution in [3.05, 3.63) is 35.4 Å². The van der Waals surface area contributed by atoms with Gasteiger partial charge < -0.3 is 14.9 Å². The van der Waals surface area contributed by atoms with Gasteiger partial charge in [0.15, 0.2) is 0 Å². The maximum atomic E-state index is 10.2. The van der Waals surface area contributed by atoms with E-state index >= 15 is 0 Å². The molecule has 0 amide bonds. The molecule has 80 valence electrons. The van der Waals surface area contributed by atoms with E-state index in [0.717, 1.165) is 11.1 Å². The highest BCUT2D eigenvalue weighted by Gasteiger charge is 2.74. The normalized spacial score (nSPS) is 46.9. The van der Waals surface area contributed by atoms with Gasteiger partial charge in [0.25, 0.3) is 0 Å². The first-order valence-corrected chi connectivity index (χ1v) is 5.16. The van der Waals surface area contributed by atoms with Crippen LogP contribution in [0.2, 0.25) is 0 Å². The molecule has 3 nitrogen and oxygen atoms in total. The number of hydrogen-bond acceptors (Lipinski definition) is 3. The third-order valence-electron chi connectivity index (χ3n) is 4.00. The van der Waals surface area contributed by atoms with E-state index in [0.29, 0.717) is 0 Å². The lowest BCUT2D eigenvalue weighted by molar-refractivity contribution is 0.0623. The van der Waals surface area contributed by atoms with E-state index in [-0.39, 0.29) is 0 Å². The summed E-state index contributed by atoms with van der Waals surface area (Å²) < 4.78 is 5.56. The monoisotopic (exact) mass is 206 g/mol. The van der Waals surface area contributed by atoms with Gasteiger partial charge in [0, 0.05) is 0 Å². The molecule has 2 aliphatic rings. The highest BCUT2D eigenvalue weighted by Crippen LogP contribution is 2.64. The first kappa shape index (κ1) is 9.33.